The zero-order chi connectivity index (χ0) is 23.0. The highest BCUT2D eigenvalue weighted by Gasteiger charge is 2.21. The lowest BCUT2D eigenvalue weighted by molar-refractivity contribution is -0.120. The van der Waals surface area contributed by atoms with Crippen LogP contribution < -0.4 is 10.2 Å². The number of anilines is 1. The lowest BCUT2D eigenvalue weighted by atomic mass is 10.1. The molecular weight excluding hydrogens is 414 g/mol. The van der Waals surface area contributed by atoms with Crippen molar-refractivity contribution < 1.29 is 14.0 Å². The number of carbonyl (C=O) groups excluding carboxylic acids is 2. The van der Waals surface area contributed by atoms with Crippen molar-refractivity contribution in [2.45, 2.75) is 32.7 Å². The Labute approximate surface area is 195 Å². The number of nitrogens with one attached hydrogen (secondary N) is 1. The number of nitrogens with zero attached hydrogens (tertiary/aromatic N) is 2. The van der Waals surface area contributed by atoms with Crippen LogP contribution in [-0.2, 0) is 17.8 Å². The summed E-state index contributed by atoms with van der Waals surface area (Å²) in [5.41, 5.74) is 3.86. The van der Waals surface area contributed by atoms with Gasteiger partial charge in [0, 0.05) is 18.8 Å². The molecule has 1 N–H and O–H groups in total. The Morgan fingerprint density at radius 3 is 2.48 bits per heavy atom. The largest absolute Gasteiger partial charge is 0.459 e. The Kier molecular flexibility index (Phi) is 7.58. The van der Waals surface area contributed by atoms with Crippen LogP contribution in [0.1, 0.15) is 40.1 Å². The summed E-state index contributed by atoms with van der Waals surface area (Å²) in [6, 6.07) is 19.1. The first-order chi connectivity index (χ1) is 16.1. The van der Waals surface area contributed by atoms with Gasteiger partial charge < -0.3 is 19.5 Å². The van der Waals surface area contributed by atoms with E-state index in [1.165, 1.54) is 19.1 Å². The maximum absolute atomic E-state index is 13.1. The standard InChI is InChI=1S/C27H31N3O3/c1-21-6-4-7-23(18-21)20-30(27(32)25-8-5-17-33-25)24-11-9-22(10-12-24)19-26(31)28-13-16-29-14-2-3-15-29/h4-12,17-18H,2-3,13-16,19-20H2,1H3,(H,28,31). The molecule has 4 rings (SSSR count). The number of benzene rings is 2. The second-order valence-corrected chi connectivity index (χ2v) is 8.60. The number of rotatable bonds is 9. The van der Waals surface area contributed by atoms with Gasteiger partial charge in [0.15, 0.2) is 5.76 Å². The molecule has 6 heteroatoms. The molecule has 0 aliphatic carbocycles. The summed E-state index contributed by atoms with van der Waals surface area (Å²) in [6.45, 7) is 6.32. The Morgan fingerprint density at radius 2 is 1.79 bits per heavy atom. The molecule has 1 fully saturated rings. The van der Waals surface area contributed by atoms with Gasteiger partial charge in [0.2, 0.25) is 5.91 Å². The molecular formula is C27H31N3O3. The third kappa shape index (κ3) is 6.33. The van der Waals surface area contributed by atoms with Crippen LogP contribution in [0.4, 0.5) is 5.69 Å². The minimum Gasteiger partial charge on any atom is -0.459 e. The molecule has 2 heterocycles. The summed E-state index contributed by atoms with van der Waals surface area (Å²) >= 11 is 0. The first kappa shape index (κ1) is 22.8. The average Bonchev–Trinajstić information content (AvgIpc) is 3.52. The number of hydrogen-bond acceptors (Lipinski definition) is 4. The quantitative estimate of drug-likeness (QED) is 0.536. The second-order valence-electron chi connectivity index (χ2n) is 8.60. The fourth-order valence-electron chi connectivity index (χ4n) is 4.21. The predicted molar refractivity (Wildman–Crippen MR) is 129 cm³/mol. The highest BCUT2D eigenvalue weighted by atomic mass is 16.3. The van der Waals surface area contributed by atoms with Crippen molar-refractivity contribution in [2.24, 2.45) is 0 Å². The fourth-order valence-corrected chi connectivity index (χ4v) is 4.21. The van der Waals surface area contributed by atoms with Crippen LogP contribution in [0.3, 0.4) is 0 Å². The van der Waals surface area contributed by atoms with Crippen LogP contribution >= 0.6 is 0 Å². The van der Waals surface area contributed by atoms with Gasteiger partial charge in [0.05, 0.1) is 19.2 Å². The highest BCUT2D eigenvalue weighted by molar-refractivity contribution is 6.04. The molecule has 3 aromatic rings. The number of furan rings is 1. The van der Waals surface area contributed by atoms with E-state index < -0.39 is 0 Å². The highest BCUT2D eigenvalue weighted by Crippen LogP contribution is 2.22. The number of hydrogen-bond donors (Lipinski definition) is 1. The van der Waals surface area contributed by atoms with Gasteiger partial charge in [-0.25, -0.2) is 0 Å². The maximum Gasteiger partial charge on any atom is 0.294 e. The van der Waals surface area contributed by atoms with Crippen LogP contribution in [0.2, 0.25) is 0 Å². The SMILES string of the molecule is Cc1cccc(CN(C(=O)c2ccco2)c2ccc(CC(=O)NCCN3CCCC3)cc2)c1. The van der Waals surface area contributed by atoms with Gasteiger partial charge in [-0.05, 0) is 68.2 Å². The second kappa shape index (κ2) is 11.0. The van der Waals surface area contributed by atoms with Crippen molar-refractivity contribution in [3.63, 3.8) is 0 Å². The molecule has 0 unspecified atom stereocenters. The first-order valence-electron chi connectivity index (χ1n) is 11.6. The summed E-state index contributed by atoms with van der Waals surface area (Å²) in [5.74, 6) is 0.114. The van der Waals surface area contributed by atoms with Crippen molar-refractivity contribution in [1.82, 2.24) is 10.2 Å². The normalized spacial score (nSPS) is 13.7. The van der Waals surface area contributed by atoms with Crippen LogP contribution in [0.25, 0.3) is 0 Å². The van der Waals surface area contributed by atoms with E-state index in [9.17, 15) is 9.59 Å². The lowest BCUT2D eigenvalue weighted by Crippen LogP contribution is -2.34. The van der Waals surface area contributed by atoms with Gasteiger partial charge in [0.25, 0.3) is 5.91 Å². The minimum atomic E-state index is -0.200. The molecule has 2 aromatic carbocycles. The molecule has 6 nitrogen and oxygen atoms in total. The van der Waals surface area contributed by atoms with Gasteiger partial charge in [-0.2, -0.15) is 0 Å². The van der Waals surface area contributed by atoms with E-state index in [2.05, 4.69) is 16.3 Å². The molecule has 2 amide bonds. The van der Waals surface area contributed by atoms with Crippen molar-refractivity contribution in [3.05, 3.63) is 89.4 Å². The fraction of sp³-hybridized carbons (Fsp3) is 0.333. The third-order valence-electron chi connectivity index (χ3n) is 5.96. The molecule has 1 saturated heterocycles. The van der Waals surface area contributed by atoms with Crippen molar-refractivity contribution in [2.75, 3.05) is 31.1 Å². The Morgan fingerprint density at radius 1 is 1.00 bits per heavy atom. The van der Waals surface area contributed by atoms with E-state index >= 15 is 0 Å². The Hall–Kier alpha value is -3.38. The number of amides is 2. The molecule has 33 heavy (non-hydrogen) atoms. The average molecular weight is 446 g/mol. The third-order valence-corrected chi connectivity index (χ3v) is 5.96. The monoisotopic (exact) mass is 445 g/mol. The van der Waals surface area contributed by atoms with Crippen molar-refractivity contribution >= 4 is 17.5 Å². The zero-order valence-electron chi connectivity index (χ0n) is 19.1. The van der Waals surface area contributed by atoms with E-state index in [0.29, 0.717) is 25.3 Å². The molecule has 0 radical (unpaired) electrons. The molecule has 1 aliphatic rings. The van der Waals surface area contributed by atoms with Crippen molar-refractivity contribution in [1.29, 1.82) is 0 Å². The van der Waals surface area contributed by atoms with E-state index in [1.54, 1.807) is 17.0 Å². The summed E-state index contributed by atoms with van der Waals surface area (Å²) < 4.78 is 5.36. The number of likely N-dealkylation sites (tertiary alicyclic amines) is 1. The summed E-state index contributed by atoms with van der Waals surface area (Å²) in [7, 11) is 0. The van der Waals surface area contributed by atoms with Crippen LogP contribution in [0, 0.1) is 6.92 Å². The zero-order valence-corrected chi connectivity index (χ0v) is 19.1. The van der Waals surface area contributed by atoms with Crippen LogP contribution in [0.15, 0.2) is 71.3 Å². The molecule has 0 atom stereocenters. The number of aryl methyl sites for hydroxylation is 1. The van der Waals surface area contributed by atoms with Gasteiger partial charge in [-0.3, -0.25) is 9.59 Å². The Balaban J connectivity index is 1.41. The van der Waals surface area contributed by atoms with Gasteiger partial charge >= 0.3 is 0 Å². The minimum absolute atomic E-state index is 0.0187. The van der Waals surface area contributed by atoms with Gasteiger partial charge in [-0.15, -0.1) is 0 Å². The smallest absolute Gasteiger partial charge is 0.294 e. The maximum atomic E-state index is 13.1. The van der Waals surface area contributed by atoms with E-state index in [1.807, 2.05) is 49.4 Å². The summed E-state index contributed by atoms with van der Waals surface area (Å²) in [4.78, 5) is 29.6. The van der Waals surface area contributed by atoms with E-state index in [4.69, 9.17) is 4.42 Å². The summed E-state index contributed by atoms with van der Waals surface area (Å²) in [5, 5.41) is 3.01. The predicted octanol–water partition coefficient (Wildman–Crippen LogP) is 4.19. The Bertz CT molecular complexity index is 1050. The van der Waals surface area contributed by atoms with Gasteiger partial charge in [-0.1, -0.05) is 42.0 Å². The first-order valence-corrected chi connectivity index (χ1v) is 11.6. The van der Waals surface area contributed by atoms with Gasteiger partial charge in [0.1, 0.15) is 0 Å². The molecule has 1 aromatic heterocycles. The molecule has 172 valence electrons. The molecule has 0 bridgehead atoms. The lowest BCUT2D eigenvalue weighted by Gasteiger charge is -2.22. The number of carbonyl (C=O) groups is 2. The topological polar surface area (TPSA) is 65.8 Å². The molecule has 1 aliphatic heterocycles. The molecule has 0 saturated carbocycles. The summed E-state index contributed by atoms with van der Waals surface area (Å²) in [6.07, 6.45) is 4.33. The van der Waals surface area contributed by atoms with E-state index in [0.717, 1.165) is 42.0 Å². The van der Waals surface area contributed by atoms with Crippen LogP contribution in [-0.4, -0.2) is 42.9 Å². The van der Waals surface area contributed by atoms with Crippen LogP contribution in [0.5, 0.6) is 0 Å². The van der Waals surface area contributed by atoms with E-state index in [-0.39, 0.29) is 11.8 Å². The van der Waals surface area contributed by atoms with Crippen molar-refractivity contribution in [3.8, 4) is 0 Å². The molecule has 0 spiro atoms.